The van der Waals surface area contributed by atoms with Crippen LogP contribution in [0, 0.1) is 28.4 Å². The van der Waals surface area contributed by atoms with Crippen molar-refractivity contribution in [2.24, 2.45) is 5.10 Å². The van der Waals surface area contributed by atoms with Crippen LogP contribution in [0.4, 0.5) is 11.6 Å². The number of nitrogens with one attached hydrogen (secondary N) is 2. The van der Waals surface area contributed by atoms with E-state index in [1.165, 1.54) is 19.4 Å². The lowest BCUT2D eigenvalue weighted by Gasteiger charge is -2.11. The van der Waals surface area contributed by atoms with Crippen LogP contribution in [-0.2, 0) is 6.61 Å². The van der Waals surface area contributed by atoms with Crippen LogP contribution in [-0.4, -0.2) is 28.2 Å². The fourth-order valence-corrected chi connectivity index (χ4v) is 3.64. The molecule has 0 amide bonds. The number of aromatic amines is 1. The minimum absolute atomic E-state index is 0.0209. The van der Waals surface area contributed by atoms with Gasteiger partial charge in [0.1, 0.15) is 24.0 Å². The molecule has 0 saturated carbocycles. The number of rotatable bonds is 9. The molecule has 0 aliphatic carbocycles. The van der Waals surface area contributed by atoms with Gasteiger partial charge in [-0.15, -0.1) is 0 Å². The smallest absolute Gasteiger partial charge is 0.311 e. The first-order valence-electron chi connectivity index (χ1n) is 11.3. The van der Waals surface area contributed by atoms with E-state index in [9.17, 15) is 20.2 Å². The second-order valence-electron chi connectivity index (χ2n) is 8.07. The van der Waals surface area contributed by atoms with Gasteiger partial charge < -0.3 is 9.47 Å². The molecule has 0 radical (unpaired) electrons. The highest BCUT2D eigenvalue weighted by Gasteiger charge is 2.16. The minimum atomic E-state index is -0.590. The zero-order valence-corrected chi connectivity index (χ0v) is 20.5. The van der Waals surface area contributed by atoms with Crippen LogP contribution in [0.3, 0.4) is 0 Å². The van der Waals surface area contributed by atoms with E-state index in [4.69, 9.17) is 9.47 Å². The Kier molecular flexibility index (Phi) is 7.74. The van der Waals surface area contributed by atoms with Crippen molar-refractivity contribution in [1.82, 2.24) is 9.97 Å². The summed E-state index contributed by atoms with van der Waals surface area (Å²) < 4.78 is 11.1. The van der Waals surface area contributed by atoms with Gasteiger partial charge in [0.05, 0.1) is 23.9 Å². The van der Waals surface area contributed by atoms with Gasteiger partial charge in [0.2, 0.25) is 5.95 Å². The Bertz CT molecular complexity index is 1610. The lowest BCUT2D eigenvalue weighted by Crippen LogP contribution is -2.16. The number of nitro groups is 1. The number of nitriles is 1. The topological polar surface area (TPSA) is 156 Å². The van der Waals surface area contributed by atoms with Crippen LogP contribution in [0.25, 0.3) is 11.3 Å². The number of methoxy groups -OCH3 is 1. The predicted octanol–water partition coefficient (Wildman–Crippen LogP) is 4.56. The number of hydrogen-bond donors (Lipinski definition) is 2. The van der Waals surface area contributed by atoms with E-state index < -0.39 is 10.5 Å². The summed E-state index contributed by atoms with van der Waals surface area (Å²) in [6.07, 6.45) is 1.50. The Morgan fingerprint density at radius 3 is 2.63 bits per heavy atom. The molecule has 38 heavy (non-hydrogen) atoms. The largest absolute Gasteiger partial charge is 0.496 e. The lowest BCUT2D eigenvalue weighted by atomic mass is 10.1. The number of benzene rings is 3. The van der Waals surface area contributed by atoms with Crippen molar-refractivity contribution in [2.75, 3.05) is 12.5 Å². The van der Waals surface area contributed by atoms with Crippen LogP contribution in [0.2, 0.25) is 0 Å². The summed E-state index contributed by atoms with van der Waals surface area (Å²) in [5.41, 5.74) is 4.79. The van der Waals surface area contributed by atoms with E-state index in [0.29, 0.717) is 22.4 Å². The average Bonchev–Trinajstić information content (AvgIpc) is 2.92. The SMILES string of the molecule is COc1ccc(C=NNc2nc(-c3ccccc3)c(C#N)c(=O)[nH]2)cc1COc1ccc(C)cc1[N+](=O)[O-]. The molecule has 3 aromatic carbocycles. The second kappa shape index (κ2) is 11.5. The van der Waals surface area contributed by atoms with Gasteiger partial charge in [0, 0.05) is 17.2 Å². The molecule has 2 N–H and O–H groups in total. The zero-order chi connectivity index (χ0) is 27.1. The van der Waals surface area contributed by atoms with Gasteiger partial charge in [-0.3, -0.25) is 19.9 Å². The number of hydrogen-bond acceptors (Lipinski definition) is 9. The maximum atomic E-state index is 12.4. The van der Waals surface area contributed by atoms with Gasteiger partial charge >= 0.3 is 5.69 Å². The van der Waals surface area contributed by atoms with Crippen molar-refractivity contribution in [3.05, 3.63) is 109 Å². The summed E-state index contributed by atoms with van der Waals surface area (Å²) in [7, 11) is 1.51. The fraction of sp³-hybridized carbons (Fsp3) is 0.111. The van der Waals surface area contributed by atoms with Crippen molar-refractivity contribution in [3.63, 3.8) is 0 Å². The van der Waals surface area contributed by atoms with E-state index in [-0.39, 0.29) is 35.2 Å². The number of aryl methyl sites for hydroxylation is 1. The van der Waals surface area contributed by atoms with Crippen molar-refractivity contribution in [3.8, 4) is 28.8 Å². The van der Waals surface area contributed by atoms with Crippen molar-refractivity contribution >= 4 is 17.9 Å². The highest BCUT2D eigenvalue weighted by atomic mass is 16.6. The molecular weight excluding hydrogens is 488 g/mol. The summed E-state index contributed by atoms with van der Waals surface area (Å²) >= 11 is 0. The quantitative estimate of drug-likeness (QED) is 0.189. The van der Waals surface area contributed by atoms with Crippen molar-refractivity contribution in [2.45, 2.75) is 13.5 Å². The maximum Gasteiger partial charge on any atom is 0.311 e. The molecule has 0 atom stereocenters. The zero-order valence-electron chi connectivity index (χ0n) is 20.5. The first-order valence-corrected chi connectivity index (χ1v) is 11.3. The van der Waals surface area contributed by atoms with Gasteiger partial charge in [-0.1, -0.05) is 36.4 Å². The molecule has 0 aliphatic rings. The molecule has 190 valence electrons. The molecule has 0 bridgehead atoms. The van der Waals surface area contributed by atoms with E-state index in [0.717, 1.165) is 5.56 Å². The number of anilines is 1. The molecule has 1 aromatic heterocycles. The van der Waals surface area contributed by atoms with Gasteiger partial charge in [-0.2, -0.15) is 10.4 Å². The highest BCUT2D eigenvalue weighted by molar-refractivity contribution is 5.81. The number of ether oxygens (including phenoxy) is 2. The molecule has 4 rings (SSSR count). The molecule has 0 spiro atoms. The number of nitrogens with zero attached hydrogens (tertiary/aromatic N) is 4. The highest BCUT2D eigenvalue weighted by Crippen LogP contribution is 2.30. The molecule has 0 fully saturated rings. The Balaban J connectivity index is 1.54. The summed E-state index contributed by atoms with van der Waals surface area (Å²) in [6.45, 7) is 1.79. The first kappa shape index (κ1) is 25.6. The van der Waals surface area contributed by atoms with Crippen LogP contribution in [0.1, 0.15) is 22.3 Å². The van der Waals surface area contributed by atoms with E-state index >= 15 is 0 Å². The number of H-pyrrole nitrogens is 1. The minimum Gasteiger partial charge on any atom is -0.496 e. The van der Waals surface area contributed by atoms with Gasteiger partial charge in [0.25, 0.3) is 5.56 Å². The Hall–Kier alpha value is -5.50. The Labute approximate surface area is 217 Å². The number of nitro benzene ring substituents is 1. The predicted molar refractivity (Wildman–Crippen MR) is 141 cm³/mol. The van der Waals surface area contributed by atoms with Crippen molar-refractivity contribution in [1.29, 1.82) is 5.26 Å². The molecule has 0 unspecified atom stereocenters. The third kappa shape index (κ3) is 5.83. The average molecular weight is 511 g/mol. The van der Waals surface area contributed by atoms with E-state index in [1.807, 2.05) is 12.1 Å². The monoisotopic (exact) mass is 510 g/mol. The first-order chi connectivity index (χ1) is 18.4. The standard InChI is InChI=1S/C27H22N6O5/c1-17-8-10-24(22(12-17)33(35)36)38-16-20-13-18(9-11-23(20)37-2)15-29-32-27-30-25(19-6-4-3-5-7-19)21(14-28)26(34)31-27/h3-13,15H,16H2,1-2H3,(H2,30,31,32,34). The third-order valence-electron chi connectivity index (χ3n) is 5.46. The van der Waals surface area contributed by atoms with Crippen LogP contribution in [0.15, 0.2) is 76.6 Å². The maximum absolute atomic E-state index is 12.4. The summed E-state index contributed by atoms with van der Waals surface area (Å²) in [5, 5.41) is 24.9. The summed E-state index contributed by atoms with van der Waals surface area (Å²) in [6, 6.07) is 20.8. The fourth-order valence-electron chi connectivity index (χ4n) is 3.64. The normalized spacial score (nSPS) is 10.7. The van der Waals surface area contributed by atoms with Crippen molar-refractivity contribution < 1.29 is 14.4 Å². The summed E-state index contributed by atoms with van der Waals surface area (Å²) in [4.78, 5) is 30.2. The van der Waals surface area contributed by atoms with E-state index in [1.54, 1.807) is 61.5 Å². The van der Waals surface area contributed by atoms with Gasteiger partial charge in [-0.25, -0.2) is 10.4 Å². The third-order valence-corrected chi connectivity index (χ3v) is 5.46. The Morgan fingerprint density at radius 1 is 1.16 bits per heavy atom. The number of hydrazone groups is 1. The molecule has 1 heterocycles. The molecule has 11 heteroatoms. The molecule has 4 aromatic rings. The summed E-state index contributed by atoms with van der Waals surface area (Å²) in [5.74, 6) is 0.747. The van der Waals surface area contributed by atoms with Gasteiger partial charge in [-0.05, 0) is 42.3 Å². The second-order valence-corrected chi connectivity index (χ2v) is 8.07. The molecular formula is C27H22N6O5. The van der Waals surface area contributed by atoms with E-state index in [2.05, 4.69) is 20.5 Å². The number of aromatic nitrogens is 2. The van der Waals surface area contributed by atoms with Gasteiger partial charge in [0.15, 0.2) is 5.75 Å². The van der Waals surface area contributed by atoms with Crippen LogP contribution in [0.5, 0.6) is 11.5 Å². The molecule has 0 saturated heterocycles. The lowest BCUT2D eigenvalue weighted by molar-refractivity contribution is -0.386. The molecule has 0 aliphatic heterocycles. The van der Waals surface area contributed by atoms with Crippen LogP contribution < -0.4 is 20.5 Å². The van der Waals surface area contributed by atoms with Crippen LogP contribution >= 0.6 is 0 Å². The molecule has 11 nitrogen and oxygen atoms in total. The Morgan fingerprint density at radius 2 is 1.92 bits per heavy atom.